The summed E-state index contributed by atoms with van der Waals surface area (Å²) in [5.41, 5.74) is 6.24. The molecule has 0 saturated carbocycles. The fourth-order valence-electron chi connectivity index (χ4n) is 1.65. The van der Waals surface area contributed by atoms with E-state index in [0.29, 0.717) is 12.0 Å². The van der Waals surface area contributed by atoms with Gasteiger partial charge in [-0.1, -0.05) is 36.4 Å². The Kier molecular flexibility index (Phi) is 5.75. The zero-order valence-corrected chi connectivity index (χ0v) is 10.6. The van der Waals surface area contributed by atoms with Gasteiger partial charge in [0, 0.05) is 6.54 Å². The summed E-state index contributed by atoms with van der Waals surface area (Å²) in [4.78, 5) is 22.8. The Bertz CT molecular complexity index is 445. The van der Waals surface area contributed by atoms with E-state index in [1.165, 1.54) is 0 Å². The summed E-state index contributed by atoms with van der Waals surface area (Å²) < 4.78 is 0. The van der Waals surface area contributed by atoms with E-state index in [4.69, 9.17) is 5.73 Å². The number of amides is 1. The van der Waals surface area contributed by atoms with Gasteiger partial charge in [-0.15, -0.1) is 6.58 Å². The molecule has 0 aliphatic heterocycles. The van der Waals surface area contributed by atoms with Crippen LogP contribution in [0.3, 0.4) is 0 Å². The van der Waals surface area contributed by atoms with Crippen LogP contribution >= 0.6 is 0 Å². The zero-order chi connectivity index (χ0) is 14.3. The van der Waals surface area contributed by atoms with E-state index >= 15 is 0 Å². The number of aliphatic carboxylic acids is 1. The average Bonchev–Trinajstić information content (AvgIpc) is 2.39. The molecule has 5 heteroatoms. The topological polar surface area (TPSA) is 92.4 Å². The normalized spacial score (nSPS) is 13.3. The quantitative estimate of drug-likeness (QED) is 0.636. The van der Waals surface area contributed by atoms with Crippen LogP contribution in [0.2, 0.25) is 0 Å². The van der Waals surface area contributed by atoms with Crippen molar-refractivity contribution < 1.29 is 14.7 Å². The van der Waals surface area contributed by atoms with Crippen LogP contribution in [0.1, 0.15) is 17.9 Å². The highest BCUT2D eigenvalue weighted by molar-refractivity contribution is 5.83. The molecule has 0 fully saturated rings. The molecular weight excluding hydrogens is 244 g/mol. The molecule has 0 radical (unpaired) electrons. The molecule has 2 unspecified atom stereocenters. The molecule has 2 atom stereocenters. The van der Waals surface area contributed by atoms with E-state index in [2.05, 4.69) is 11.9 Å². The number of nitrogens with two attached hydrogens (primary N) is 1. The van der Waals surface area contributed by atoms with Crippen LogP contribution in [0.5, 0.6) is 0 Å². The largest absolute Gasteiger partial charge is 0.481 e. The van der Waals surface area contributed by atoms with Gasteiger partial charge in [0.2, 0.25) is 5.91 Å². The second-order valence-corrected chi connectivity index (χ2v) is 4.18. The Morgan fingerprint density at radius 1 is 1.37 bits per heavy atom. The lowest BCUT2D eigenvalue weighted by Gasteiger charge is -2.15. The van der Waals surface area contributed by atoms with Crippen LogP contribution in [0.25, 0.3) is 0 Å². The van der Waals surface area contributed by atoms with Crippen molar-refractivity contribution in [2.45, 2.75) is 18.4 Å². The van der Waals surface area contributed by atoms with E-state index in [-0.39, 0.29) is 12.5 Å². The zero-order valence-electron chi connectivity index (χ0n) is 10.6. The molecule has 0 aliphatic rings. The Morgan fingerprint density at radius 3 is 2.53 bits per heavy atom. The molecule has 0 bridgehead atoms. The number of rotatable bonds is 7. The number of carbonyl (C=O) groups excluding carboxylic acids is 1. The first kappa shape index (κ1) is 14.9. The number of nitrogens with one attached hydrogen (secondary N) is 1. The first-order valence-electron chi connectivity index (χ1n) is 5.98. The molecule has 19 heavy (non-hydrogen) atoms. The highest BCUT2D eigenvalue weighted by Gasteiger charge is 2.21. The van der Waals surface area contributed by atoms with Gasteiger partial charge in [-0.2, -0.15) is 0 Å². The van der Waals surface area contributed by atoms with Crippen LogP contribution in [-0.4, -0.2) is 29.6 Å². The van der Waals surface area contributed by atoms with Crippen LogP contribution in [-0.2, 0) is 9.59 Å². The predicted octanol–water partition coefficient (Wildman–Crippen LogP) is 0.874. The molecule has 102 valence electrons. The van der Waals surface area contributed by atoms with Crippen LogP contribution in [0.4, 0.5) is 0 Å². The molecule has 1 aromatic carbocycles. The number of carboxylic acid groups (broad SMARTS) is 1. The van der Waals surface area contributed by atoms with Crippen molar-refractivity contribution in [2.75, 3.05) is 6.54 Å². The molecule has 0 spiro atoms. The number of carboxylic acids is 1. The Balaban J connectivity index is 2.64. The highest BCUT2D eigenvalue weighted by atomic mass is 16.4. The molecule has 0 aliphatic carbocycles. The van der Waals surface area contributed by atoms with Crippen molar-refractivity contribution in [3.63, 3.8) is 0 Å². The maximum absolute atomic E-state index is 11.6. The second-order valence-electron chi connectivity index (χ2n) is 4.18. The number of carbonyl (C=O) groups is 2. The fourth-order valence-corrected chi connectivity index (χ4v) is 1.65. The predicted molar refractivity (Wildman–Crippen MR) is 72.6 cm³/mol. The van der Waals surface area contributed by atoms with Gasteiger partial charge in [0.15, 0.2) is 0 Å². The lowest BCUT2D eigenvalue weighted by Crippen LogP contribution is -2.42. The Hall–Kier alpha value is -2.14. The van der Waals surface area contributed by atoms with Crippen molar-refractivity contribution in [3.8, 4) is 0 Å². The molecule has 1 rings (SSSR count). The van der Waals surface area contributed by atoms with Crippen molar-refractivity contribution in [3.05, 3.63) is 48.6 Å². The Morgan fingerprint density at radius 2 is 2.00 bits per heavy atom. The smallest absolute Gasteiger partial charge is 0.312 e. The molecule has 1 amide bonds. The van der Waals surface area contributed by atoms with E-state index in [1.807, 2.05) is 0 Å². The number of hydrogen-bond donors (Lipinski definition) is 3. The highest BCUT2D eigenvalue weighted by Crippen LogP contribution is 2.14. The summed E-state index contributed by atoms with van der Waals surface area (Å²) in [6, 6.07) is 8.07. The van der Waals surface area contributed by atoms with Crippen LogP contribution in [0.15, 0.2) is 43.0 Å². The minimum atomic E-state index is -0.983. The monoisotopic (exact) mass is 262 g/mol. The fraction of sp³-hybridized carbons (Fsp3) is 0.286. The first-order chi connectivity index (χ1) is 9.06. The Labute approximate surface area is 112 Å². The average molecular weight is 262 g/mol. The first-order valence-corrected chi connectivity index (χ1v) is 5.98. The van der Waals surface area contributed by atoms with Crippen molar-refractivity contribution >= 4 is 11.9 Å². The van der Waals surface area contributed by atoms with Crippen LogP contribution < -0.4 is 11.1 Å². The van der Waals surface area contributed by atoms with E-state index in [0.717, 1.165) is 0 Å². The van der Waals surface area contributed by atoms with Gasteiger partial charge in [-0.05, 0) is 12.0 Å². The van der Waals surface area contributed by atoms with Crippen molar-refractivity contribution in [1.29, 1.82) is 0 Å². The van der Waals surface area contributed by atoms with Crippen LogP contribution in [0, 0.1) is 0 Å². The third-order valence-electron chi connectivity index (χ3n) is 2.74. The summed E-state index contributed by atoms with van der Waals surface area (Å²) in [6.07, 6.45) is 1.91. The van der Waals surface area contributed by atoms with Gasteiger partial charge in [-0.25, -0.2) is 0 Å². The SMILES string of the molecule is C=CCC(N)C(=O)NCC(C(=O)O)c1ccccc1. The summed E-state index contributed by atoms with van der Waals surface area (Å²) in [7, 11) is 0. The third-order valence-corrected chi connectivity index (χ3v) is 2.74. The van der Waals surface area contributed by atoms with Crippen molar-refractivity contribution in [2.24, 2.45) is 5.73 Å². The summed E-state index contributed by atoms with van der Waals surface area (Å²) >= 11 is 0. The second kappa shape index (κ2) is 7.33. The van der Waals surface area contributed by atoms with E-state index in [1.54, 1.807) is 36.4 Å². The van der Waals surface area contributed by atoms with Gasteiger partial charge < -0.3 is 16.2 Å². The summed E-state index contributed by atoms with van der Waals surface area (Å²) in [5, 5.41) is 11.7. The van der Waals surface area contributed by atoms with Gasteiger partial charge in [0.05, 0.1) is 12.0 Å². The summed E-state index contributed by atoms with van der Waals surface area (Å²) in [5.74, 6) is -2.13. The number of hydrogen-bond acceptors (Lipinski definition) is 3. The molecular formula is C14H18N2O3. The van der Waals surface area contributed by atoms with Gasteiger partial charge in [0.25, 0.3) is 0 Å². The number of benzene rings is 1. The van der Waals surface area contributed by atoms with Crippen molar-refractivity contribution in [1.82, 2.24) is 5.32 Å². The maximum atomic E-state index is 11.6. The molecule has 1 aromatic rings. The molecule has 0 saturated heterocycles. The summed E-state index contributed by atoms with van der Waals surface area (Å²) in [6.45, 7) is 3.52. The van der Waals surface area contributed by atoms with Gasteiger partial charge >= 0.3 is 5.97 Å². The van der Waals surface area contributed by atoms with E-state index < -0.39 is 17.9 Å². The molecule has 4 N–H and O–H groups in total. The standard InChI is InChI=1S/C14H18N2O3/c1-2-6-12(15)13(17)16-9-11(14(18)19)10-7-4-3-5-8-10/h2-5,7-8,11-12H,1,6,9,15H2,(H,16,17)(H,18,19). The molecule has 0 aromatic heterocycles. The van der Waals surface area contributed by atoms with Gasteiger partial charge in [0.1, 0.15) is 0 Å². The molecule has 0 heterocycles. The molecule has 5 nitrogen and oxygen atoms in total. The minimum Gasteiger partial charge on any atom is -0.481 e. The van der Waals surface area contributed by atoms with E-state index in [9.17, 15) is 14.7 Å². The minimum absolute atomic E-state index is 0.0169. The van der Waals surface area contributed by atoms with Gasteiger partial charge in [-0.3, -0.25) is 9.59 Å². The third kappa shape index (κ3) is 4.56. The lowest BCUT2D eigenvalue weighted by molar-refractivity contribution is -0.138. The lowest BCUT2D eigenvalue weighted by atomic mass is 9.99. The maximum Gasteiger partial charge on any atom is 0.312 e.